The monoisotopic (exact) mass is 346 g/mol. The second-order valence-corrected chi connectivity index (χ2v) is 7.38. The third kappa shape index (κ3) is 4.73. The molecule has 2 aliphatic heterocycles. The number of nitrogens with zero attached hydrogens (tertiary/aromatic N) is 2. The topological polar surface area (TPSA) is 42.0 Å². The van der Waals surface area contributed by atoms with Crippen molar-refractivity contribution >= 4 is 5.91 Å². The highest BCUT2D eigenvalue weighted by Gasteiger charge is 2.32. The Balaban J connectivity index is 1.57. The molecule has 1 aromatic rings. The van der Waals surface area contributed by atoms with E-state index in [-0.39, 0.29) is 18.1 Å². The van der Waals surface area contributed by atoms with Gasteiger partial charge in [0.2, 0.25) is 5.91 Å². The molecule has 2 fully saturated rings. The molecule has 0 saturated carbocycles. The lowest BCUT2D eigenvalue weighted by atomic mass is 10.1. The van der Waals surface area contributed by atoms with Crippen LogP contribution in [-0.2, 0) is 16.0 Å². The van der Waals surface area contributed by atoms with Gasteiger partial charge < -0.3 is 14.4 Å². The maximum Gasteiger partial charge on any atom is 0.227 e. The van der Waals surface area contributed by atoms with Crippen LogP contribution < -0.4 is 4.74 Å². The molecule has 0 bridgehead atoms. The summed E-state index contributed by atoms with van der Waals surface area (Å²) in [6.45, 7) is 8.03. The predicted octanol–water partition coefficient (Wildman–Crippen LogP) is 2.34. The summed E-state index contributed by atoms with van der Waals surface area (Å²) >= 11 is 0. The van der Waals surface area contributed by atoms with Gasteiger partial charge in [0.1, 0.15) is 5.75 Å². The number of morpholine rings is 1. The maximum absolute atomic E-state index is 12.8. The number of hydrogen-bond donors (Lipinski definition) is 0. The van der Waals surface area contributed by atoms with Crippen LogP contribution in [0, 0.1) is 0 Å². The van der Waals surface area contributed by atoms with Crippen LogP contribution in [0.4, 0.5) is 0 Å². The number of carbonyl (C=O) groups is 1. The van der Waals surface area contributed by atoms with Crippen LogP contribution in [0.5, 0.6) is 5.75 Å². The first kappa shape index (κ1) is 18.2. The number of benzene rings is 1. The molecule has 0 unspecified atom stereocenters. The standard InChI is InChI=1S/C20H30N2O3/c1-15-12-21(13-16(2)25-15)14-18-5-4-10-22(18)20(23)11-17-6-8-19(24-3)9-7-17/h6-9,15-16,18H,4-5,10-14H2,1-3H3/t15-,16+,18-/m0/s1. The molecule has 2 heterocycles. The zero-order chi connectivity index (χ0) is 17.8. The largest absolute Gasteiger partial charge is 0.497 e. The summed E-state index contributed by atoms with van der Waals surface area (Å²) in [5, 5.41) is 0. The van der Waals surface area contributed by atoms with Gasteiger partial charge in [0.25, 0.3) is 0 Å². The van der Waals surface area contributed by atoms with Crippen molar-refractivity contribution in [2.75, 3.05) is 33.3 Å². The molecule has 5 nitrogen and oxygen atoms in total. The Labute approximate surface area is 150 Å². The number of methoxy groups -OCH3 is 1. The molecule has 0 radical (unpaired) electrons. The molecule has 1 amide bonds. The Morgan fingerprint density at radius 3 is 2.52 bits per heavy atom. The molecule has 0 spiro atoms. The first-order valence-corrected chi connectivity index (χ1v) is 9.35. The molecule has 2 aliphatic rings. The van der Waals surface area contributed by atoms with Crippen molar-refractivity contribution < 1.29 is 14.3 Å². The fraction of sp³-hybridized carbons (Fsp3) is 0.650. The average molecular weight is 346 g/mol. The van der Waals surface area contributed by atoms with E-state index in [9.17, 15) is 4.79 Å². The van der Waals surface area contributed by atoms with E-state index >= 15 is 0 Å². The van der Waals surface area contributed by atoms with Crippen LogP contribution >= 0.6 is 0 Å². The summed E-state index contributed by atoms with van der Waals surface area (Å²) in [5.74, 6) is 1.06. The van der Waals surface area contributed by atoms with Gasteiger partial charge >= 0.3 is 0 Å². The summed E-state index contributed by atoms with van der Waals surface area (Å²) in [4.78, 5) is 17.4. The van der Waals surface area contributed by atoms with Gasteiger partial charge in [-0.05, 0) is 44.4 Å². The maximum atomic E-state index is 12.8. The molecule has 1 aromatic carbocycles. The lowest BCUT2D eigenvalue weighted by Crippen LogP contribution is -2.51. The van der Waals surface area contributed by atoms with Gasteiger partial charge in [-0.3, -0.25) is 9.69 Å². The minimum absolute atomic E-state index is 0.238. The third-order valence-corrected chi connectivity index (χ3v) is 5.18. The molecular weight excluding hydrogens is 316 g/mol. The summed E-state index contributed by atoms with van der Waals surface area (Å²) < 4.78 is 11.0. The van der Waals surface area contributed by atoms with Crippen LogP contribution in [0.25, 0.3) is 0 Å². The highest BCUT2D eigenvalue weighted by Crippen LogP contribution is 2.22. The molecule has 138 valence electrons. The molecule has 3 atom stereocenters. The Bertz CT molecular complexity index is 565. The predicted molar refractivity (Wildman–Crippen MR) is 97.9 cm³/mol. The van der Waals surface area contributed by atoms with E-state index in [0.717, 1.165) is 50.3 Å². The van der Waals surface area contributed by atoms with E-state index in [2.05, 4.69) is 23.6 Å². The van der Waals surface area contributed by atoms with Gasteiger partial charge in [0, 0.05) is 32.2 Å². The minimum Gasteiger partial charge on any atom is -0.497 e. The van der Waals surface area contributed by atoms with E-state index < -0.39 is 0 Å². The number of amides is 1. The average Bonchev–Trinajstić information content (AvgIpc) is 3.03. The number of hydrogen-bond acceptors (Lipinski definition) is 4. The minimum atomic E-state index is 0.238. The van der Waals surface area contributed by atoms with Crippen molar-refractivity contribution in [1.29, 1.82) is 0 Å². The fourth-order valence-electron chi connectivity index (χ4n) is 4.10. The number of ether oxygens (including phenoxy) is 2. The molecule has 2 saturated heterocycles. The first-order chi connectivity index (χ1) is 12.0. The fourth-order valence-corrected chi connectivity index (χ4v) is 4.10. The summed E-state index contributed by atoms with van der Waals surface area (Å²) in [6.07, 6.45) is 3.22. The van der Waals surface area contributed by atoms with Crippen LogP contribution in [-0.4, -0.2) is 67.2 Å². The van der Waals surface area contributed by atoms with E-state index in [1.165, 1.54) is 0 Å². The Morgan fingerprint density at radius 1 is 1.20 bits per heavy atom. The van der Waals surface area contributed by atoms with E-state index in [4.69, 9.17) is 9.47 Å². The molecule has 3 rings (SSSR count). The first-order valence-electron chi connectivity index (χ1n) is 9.35. The normalized spacial score (nSPS) is 27.5. The Hall–Kier alpha value is -1.59. The van der Waals surface area contributed by atoms with Crippen molar-refractivity contribution in [3.05, 3.63) is 29.8 Å². The van der Waals surface area contributed by atoms with Crippen LogP contribution in [0.2, 0.25) is 0 Å². The van der Waals surface area contributed by atoms with Crippen LogP contribution in [0.15, 0.2) is 24.3 Å². The lowest BCUT2D eigenvalue weighted by molar-refractivity contribution is -0.132. The molecule has 5 heteroatoms. The molecule has 0 aliphatic carbocycles. The van der Waals surface area contributed by atoms with Gasteiger partial charge in [0.15, 0.2) is 0 Å². The lowest BCUT2D eigenvalue weighted by Gasteiger charge is -2.38. The Morgan fingerprint density at radius 2 is 1.88 bits per heavy atom. The summed E-state index contributed by atoms with van der Waals surface area (Å²) in [6, 6.07) is 8.13. The van der Waals surface area contributed by atoms with Crippen molar-refractivity contribution in [2.24, 2.45) is 0 Å². The van der Waals surface area contributed by atoms with Crippen molar-refractivity contribution in [2.45, 2.75) is 51.4 Å². The SMILES string of the molecule is COc1ccc(CC(=O)N2CCC[C@H]2CN2C[C@@H](C)O[C@@H](C)C2)cc1. The highest BCUT2D eigenvalue weighted by atomic mass is 16.5. The van der Waals surface area contributed by atoms with Crippen LogP contribution in [0.3, 0.4) is 0 Å². The van der Waals surface area contributed by atoms with Crippen molar-refractivity contribution in [3.63, 3.8) is 0 Å². The quantitative estimate of drug-likeness (QED) is 0.821. The van der Waals surface area contributed by atoms with Gasteiger partial charge in [0.05, 0.1) is 25.7 Å². The second kappa shape index (κ2) is 8.19. The number of likely N-dealkylation sites (tertiary alicyclic amines) is 1. The van der Waals surface area contributed by atoms with E-state index in [0.29, 0.717) is 12.5 Å². The molecule has 0 N–H and O–H groups in total. The van der Waals surface area contributed by atoms with E-state index in [1.54, 1.807) is 7.11 Å². The van der Waals surface area contributed by atoms with Gasteiger partial charge in [-0.2, -0.15) is 0 Å². The van der Waals surface area contributed by atoms with Crippen molar-refractivity contribution in [1.82, 2.24) is 9.80 Å². The van der Waals surface area contributed by atoms with Gasteiger partial charge in [-0.15, -0.1) is 0 Å². The molecule has 0 aromatic heterocycles. The number of rotatable bonds is 5. The smallest absolute Gasteiger partial charge is 0.227 e. The third-order valence-electron chi connectivity index (χ3n) is 5.18. The number of carbonyl (C=O) groups excluding carboxylic acids is 1. The molecular formula is C20H30N2O3. The summed E-state index contributed by atoms with van der Waals surface area (Å²) in [7, 11) is 1.66. The van der Waals surface area contributed by atoms with E-state index in [1.807, 2.05) is 24.3 Å². The van der Waals surface area contributed by atoms with Crippen molar-refractivity contribution in [3.8, 4) is 5.75 Å². The molecule has 25 heavy (non-hydrogen) atoms. The second-order valence-electron chi connectivity index (χ2n) is 7.38. The zero-order valence-corrected chi connectivity index (χ0v) is 15.6. The van der Waals surface area contributed by atoms with Gasteiger partial charge in [-0.1, -0.05) is 12.1 Å². The van der Waals surface area contributed by atoms with Gasteiger partial charge in [-0.25, -0.2) is 0 Å². The Kier molecular flexibility index (Phi) is 5.97. The zero-order valence-electron chi connectivity index (χ0n) is 15.6. The van der Waals surface area contributed by atoms with Crippen LogP contribution in [0.1, 0.15) is 32.3 Å². The highest BCUT2D eigenvalue weighted by molar-refractivity contribution is 5.79. The summed E-state index contributed by atoms with van der Waals surface area (Å²) in [5.41, 5.74) is 1.05.